The highest BCUT2D eigenvalue weighted by atomic mass is 127. The highest BCUT2D eigenvalue weighted by Crippen LogP contribution is 2.28. The normalized spacial score (nSPS) is 12.0. The minimum Gasteiger partial charge on any atom is -0.195 e. The van der Waals surface area contributed by atoms with E-state index in [4.69, 9.17) is 0 Å². The Balaban J connectivity index is 3.02. The lowest BCUT2D eigenvalue weighted by Gasteiger charge is -2.06. The molecule has 0 aromatic heterocycles. The van der Waals surface area contributed by atoms with Crippen LogP contribution < -0.4 is 0 Å². The minimum absolute atomic E-state index is 0.0390. The monoisotopic (exact) mass is 276 g/mol. The van der Waals surface area contributed by atoms with Crippen LogP contribution in [-0.4, -0.2) is 3.93 Å². The molecule has 0 aliphatic heterocycles. The number of hydrogen-bond donors (Lipinski definition) is 0. The van der Waals surface area contributed by atoms with Gasteiger partial charge in [0.15, 0.2) is 0 Å². The second kappa shape index (κ2) is 6.14. The second-order valence-corrected chi connectivity index (χ2v) is 4.36. The molecule has 0 rings (SSSR count). The van der Waals surface area contributed by atoms with Crippen molar-refractivity contribution >= 4 is 22.6 Å². The molecule has 0 heterocycles. The third-order valence-electron chi connectivity index (χ3n) is 1.56. The van der Waals surface area contributed by atoms with Gasteiger partial charge in [0, 0.05) is 6.42 Å². The van der Waals surface area contributed by atoms with Crippen molar-refractivity contribution in [2.24, 2.45) is 0 Å². The molecule has 3 heteroatoms. The number of hydrogen-bond acceptors (Lipinski definition) is 0. The van der Waals surface area contributed by atoms with Crippen LogP contribution >= 0.6 is 22.6 Å². The zero-order chi connectivity index (χ0) is 8.74. The molecule has 11 heavy (non-hydrogen) atoms. The summed E-state index contributed by atoms with van der Waals surface area (Å²) in [5.41, 5.74) is 0. The minimum atomic E-state index is -2.48. The predicted molar refractivity (Wildman–Crippen MR) is 52.3 cm³/mol. The molecule has 0 aromatic rings. The Labute approximate surface area is 80.9 Å². The van der Waals surface area contributed by atoms with E-state index in [2.05, 4.69) is 6.92 Å². The van der Waals surface area contributed by atoms with Crippen molar-refractivity contribution in [3.05, 3.63) is 0 Å². The molecule has 0 aliphatic carbocycles. The molecule has 0 N–H and O–H groups in total. The Bertz CT molecular complexity index is 88.6. The summed E-state index contributed by atoms with van der Waals surface area (Å²) in [6.45, 7) is 2.12. The van der Waals surface area contributed by atoms with Crippen molar-refractivity contribution < 1.29 is 8.78 Å². The average Bonchev–Trinajstić information content (AvgIpc) is 1.85. The van der Waals surface area contributed by atoms with Crippen molar-refractivity contribution in [2.75, 3.05) is 0 Å². The molecule has 0 atom stereocenters. The highest BCUT2D eigenvalue weighted by Gasteiger charge is 2.21. The van der Waals surface area contributed by atoms with Crippen LogP contribution in [0.4, 0.5) is 8.78 Å². The zero-order valence-corrected chi connectivity index (χ0v) is 9.03. The van der Waals surface area contributed by atoms with Gasteiger partial charge in [-0.05, 0) is 29.0 Å². The summed E-state index contributed by atoms with van der Waals surface area (Å²) in [5.74, 6) is 0. The largest absolute Gasteiger partial charge is 0.296 e. The van der Waals surface area contributed by atoms with Gasteiger partial charge in [-0.1, -0.05) is 32.6 Å². The van der Waals surface area contributed by atoms with E-state index in [9.17, 15) is 8.78 Å². The highest BCUT2D eigenvalue weighted by molar-refractivity contribution is 14.1. The summed E-state index contributed by atoms with van der Waals surface area (Å²) in [6, 6.07) is 0. The van der Waals surface area contributed by atoms with E-state index in [1.54, 1.807) is 0 Å². The van der Waals surface area contributed by atoms with Gasteiger partial charge in [0.1, 0.15) is 0 Å². The first kappa shape index (κ1) is 11.6. The molecule has 0 aliphatic rings. The molecular formula is C8H15F2I. The van der Waals surface area contributed by atoms with E-state index in [0.717, 1.165) is 12.8 Å². The van der Waals surface area contributed by atoms with Crippen LogP contribution in [0.15, 0.2) is 0 Å². The first-order chi connectivity index (χ1) is 5.06. The molecule has 0 bridgehead atoms. The molecular weight excluding hydrogens is 261 g/mol. The van der Waals surface area contributed by atoms with Gasteiger partial charge < -0.3 is 0 Å². The number of rotatable bonds is 6. The summed E-state index contributed by atoms with van der Waals surface area (Å²) in [7, 11) is 0. The molecule has 0 unspecified atom stereocenters. The SMILES string of the molecule is CCCCCCCC(F)(F)I. The third-order valence-corrected chi connectivity index (χ3v) is 2.10. The van der Waals surface area contributed by atoms with Crippen LogP contribution in [0.1, 0.15) is 45.4 Å². The van der Waals surface area contributed by atoms with Gasteiger partial charge in [0.25, 0.3) is 3.93 Å². The van der Waals surface area contributed by atoms with Gasteiger partial charge in [-0.2, -0.15) is 8.78 Å². The Morgan fingerprint density at radius 1 is 1.09 bits per heavy atom. The lowest BCUT2D eigenvalue weighted by atomic mass is 10.1. The van der Waals surface area contributed by atoms with Gasteiger partial charge in [0.2, 0.25) is 0 Å². The van der Waals surface area contributed by atoms with Crippen molar-refractivity contribution in [3.8, 4) is 0 Å². The standard InChI is InChI=1S/C8H15F2I/c1-2-3-4-5-6-7-8(9,10)11/h2-7H2,1H3. The van der Waals surface area contributed by atoms with E-state index in [1.807, 2.05) is 0 Å². The van der Waals surface area contributed by atoms with Crippen molar-refractivity contribution in [3.63, 3.8) is 0 Å². The maximum absolute atomic E-state index is 12.2. The number of alkyl halides is 3. The molecule has 0 nitrogen and oxygen atoms in total. The van der Waals surface area contributed by atoms with Gasteiger partial charge in [-0.3, -0.25) is 0 Å². The van der Waals surface area contributed by atoms with Gasteiger partial charge in [0.05, 0.1) is 0 Å². The number of halogens is 3. The predicted octanol–water partition coefficient (Wildman–Crippen LogP) is 4.37. The lowest BCUT2D eigenvalue weighted by molar-refractivity contribution is 0.113. The molecule has 68 valence electrons. The van der Waals surface area contributed by atoms with Gasteiger partial charge in [-0.25, -0.2) is 0 Å². The fourth-order valence-corrected chi connectivity index (χ4v) is 1.31. The number of unbranched alkanes of at least 4 members (excludes halogenated alkanes) is 4. The van der Waals surface area contributed by atoms with Crippen LogP contribution in [0.5, 0.6) is 0 Å². The smallest absolute Gasteiger partial charge is 0.195 e. The first-order valence-corrected chi connectivity index (χ1v) is 5.21. The van der Waals surface area contributed by atoms with Gasteiger partial charge in [-0.15, -0.1) is 0 Å². The molecule has 0 fully saturated rings. The molecule has 0 amide bonds. The van der Waals surface area contributed by atoms with E-state index in [0.29, 0.717) is 6.42 Å². The van der Waals surface area contributed by atoms with E-state index >= 15 is 0 Å². The van der Waals surface area contributed by atoms with Crippen molar-refractivity contribution in [2.45, 2.75) is 49.4 Å². The molecule has 0 saturated heterocycles. The maximum Gasteiger partial charge on any atom is 0.296 e. The van der Waals surface area contributed by atoms with Crippen molar-refractivity contribution in [1.29, 1.82) is 0 Å². The van der Waals surface area contributed by atoms with Crippen LogP contribution in [0, 0.1) is 0 Å². The van der Waals surface area contributed by atoms with Crippen LogP contribution in [0.25, 0.3) is 0 Å². The second-order valence-electron chi connectivity index (χ2n) is 2.78. The lowest BCUT2D eigenvalue weighted by Crippen LogP contribution is -2.03. The summed E-state index contributed by atoms with van der Waals surface area (Å²) in [4.78, 5) is 0. The average molecular weight is 276 g/mol. The zero-order valence-electron chi connectivity index (χ0n) is 6.88. The van der Waals surface area contributed by atoms with Gasteiger partial charge >= 0.3 is 0 Å². The van der Waals surface area contributed by atoms with Crippen LogP contribution in [0.2, 0.25) is 0 Å². The topological polar surface area (TPSA) is 0 Å². The molecule has 0 aromatic carbocycles. The summed E-state index contributed by atoms with van der Waals surface area (Å²) in [6.07, 6.45) is 5.09. The van der Waals surface area contributed by atoms with E-state index in [1.165, 1.54) is 35.4 Å². The van der Waals surface area contributed by atoms with Crippen LogP contribution in [0.3, 0.4) is 0 Å². The first-order valence-electron chi connectivity index (χ1n) is 4.13. The summed E-state index contributed by atoms with van der Waals surface area (Å²) in [5, 5.41) is 0. The van der Waals surface area contributed by atoms with E-state index < -0.39 is 3.93 Å². The summed E-state index contributed by atoms with van der Waals surface area (Å²) < 4.78 is 22.0. The van der Waals surface area contributed by atoms with Crippen molar-refractivity contribution in [1.82, 2.24) is 0 Å². The quantitative estimate of drug-likeness (QED) is 0.384. The summed E-state index contributed by atoms with van der Waals surface area (Å²) >= 11 is 1.20. The fraction of sp³-hybridized carbons (Fsp3) is 1.00. The molecule has 0 saturated carbocycles. The fourth-order valence-electron chi connectivity index (χ4n) is 0.929. The third kappa shape index (κ3) is 10.6. The van der Waals surface area contributed by atoms with Crippen LogP contribution in [-0.2, 0) is 0 Å². The Hall–Kier alpha value is 0.590. The maximum atomic E-state index is 12.2. The molecule has 0 spiro atoms. The Morgan fingerprint density at radius 3 is 2.09 bits per heavy atom. The van der Waals surface area contributed by atoms with E-state index in [-0.39, 0.29) is 6.42 Å². The molecule has 0 radical (unpaired) electrons. The Morgan fingerprint density at radius 2 is 1.64 bits per heavy atom. The Kier molecular flexibility index (Phi) is 6.47.